The molecule has 0 bridgehead atoms. The molecule has 0 aromatic heterocycles. The van der Waals surface area contributed by atoms with Crippen LogP contribution in [0.25, 0.3) is 0 Å². The summed E-state index contributed by atoms with van der Waals surface area (Å²) in [6.07, 6.45) is 6.25. The Morgan fingerprint density at radius 2 is 1.41 bits per heavy atom. The largest absolute Gasteiger partial charge is 0.460 e. The molecule has 5 rings (SSSR count). The molecule has 3 aromatic rings. The molecule has 1 saturated carbocycles. The molecule has 4 nitrogen and oxygen atoms in total. The molecule has 190 valence electrons. The lowest BCUT2D eigenvalue weighted by molar-refractivity contribution is -0.157. The van der Waals surface area contributed by atoms with Crippen molar-refractivity contribution in [2.75, 3.05) is 0 Å². The van der Waals surface area contributed by atoms with Crippen LogP contribution >= 0.6 is 0 Å². The van der Waals surface area contributed by atoms with Crippen LogP contribution in [0.3, 0.4) is 0 Å². The van der Waals surface area contributed by atoms with Gasteiger partial charge in [0.25, 0.3) is 0 Å². The Hall–Kier alpha value is -3.66. The van der Waals surface area contributed by atoms with Gasteiger partial charge in [0.15, 0.2) is 0 Å². The molecular formula is C33H34O4. The Morgan fingerprint density at radius 3 is 2.05 bits per heavy atom. The first-order valence-corrected chi connectivity index (χ1v) is 13.3. The monoisotopic (exact) mass is 494 g/mol. The van der Waals surface area contributed by atoms with Crippen LogP contribution < -0.4 is 0 Å². The third kappa shape index (κ3) is 5.11. The maximum atomic E-state index is 13.9. The number of hydrogen-bond donors (Lipinski definition) is 0. The van der Waals surface area contributed by atoms with E-state index in [0.29, 0.717) is 6.42 Å². The summed E-state index contributed by atoms with van der Waals surface area (Å²) in [6, 6.07) is 27.7. The van der Waals surface area contributed by atoms with Crippen LogP contribution in [0.4, 0.5) is 0 Å². The molecule has 0 amide bonds. The number of carbonyl (C=O) groups excluding carboxylic acids is 2. The van der Waals surface area contributed by atoms with Crippen molar-refractivity contribution >= 4 is 11.9 Å². The zero-order valence-corrected chi connectivity index (χ0v) is 21.4. The van der Waals surface area contributed by atoms with E-state index in [9.17, 15) is 9.59 Å². The molecule has 1 fully saturated rings. The van der Waals surface area contributed by atoms with Crippen LogP contribution in [0.1, 0.15) is 73.1 Å². The summed E-state index contributed by atoms with van der Waals surface area (Å²) in [5, 5.41) is 0. The number of fused-ring (bicyclic) bond motifs is 3. The smallest absolute Gasteiger partial charge is 0.317 e. The summed E-state index contributed by atoms with van der Waals surface area (Å²) in [5.74, 6) is -0.887. The van der Waals surface area contributed by atoms with Gasteiger partial charge in [0.2, 0.25) is 0 Å². The highest BCUT2D eigenvalue weighted by Gasteiger charge is 2.50. The molecule has 2 aliphatic carbocycles. The Morgan fingerprint density at radius 1 is 0.811 bits per heavy atom. The van der Waals surface area contributed by atoms with E-state index in [1.807, 2.05) is 84.9 Å². The molecule has 0 radical (unpaired) electrons. The van der Waals surface area contributed by atoms with Crippen LogP contribution in [-0.4, -0.2) is 11.9 Å². The van der Waals surface area contributed by atoms with Crippen molar-refractivity contribution in [3.63, 3.8) is 0 Å². The molecule has 0 aliphatic heterocycles. The zero-order valence-electron chi connectivity index (χ0n) is 21.4. The van der Waals surface area contributed by atoms with Crippen LogP contribution in [0.15, 0.2) is 96.6 Å². The fourth-order valence-corrected chi connectivity index (χ4v) is 6.11. The van der Waals surface area contributed by atoms with Crippen molar-refractivity contribution < 1.29 is 19.1 Å². The molecular weight excluding hydrogens is 460 g/mol. The van der Waals surface area contributed by atoms with E-state index >= 15 is 0 Å². The lowest BCUT2D eigenvalue weighted by Gasteiger charge is -2.45. The molecule has 4 heteroatoms. The highest BCUT2D eigenvalue weighted by molar-refractivity contribution is 5.86. The van der Waals surface area contributed by atoms with Gasteiger partial charge in [0, 0.05) is 5.92 Å². The van der Waals surface area contributed by atoms with Gasteiger partial charge in [0.1, 0.15) is 19.1 Å². The van der Waals surface area contributed by atoms with Gasteiger partial charge in [-0.05, 0) is 47.1 Å². The van der Waals surface area contributed by atoms with E-state index in [4.69, 9.17) is 9.47 Å². The first kappa shape index (κ1) is 25.0. The molecule has 0 saturated heterocycles. The second-order valence-corrected chi connectivity index (χ2v) is 10.2. The van der Waals surface area contributed by atoms with Gasteiger partial charge in [0.05, 0.1) is 5.41 Å². The van der Waals surface area contributed by atoms with Crippen molar-refractivity contribution in [3.05, 3.63) is 119 Å². The highest BCUT2D eigenvalue weighted by Crippen LogP contribution is 2.56. The van der Waals surface area contributed by atoms with E-state index < -0.39 is 11.3 Å². The van der Waals surface area contributed by atoms with E-state index in [-0.39, 0.29) is 31.1 Å². The number of rotatable bonds is 8. The fraction of sp³-hybridized carbons (Fsp3) is 0.333. The third-order valence-corrected chi connectivity index (χ3v) is 7.84. The summed E-state index contributed by atoms with van der Waals surface area (Å²) in [4.78, 5) is 27.3. The Balaban J connectivity index is 1.47. The number of carbonyl (C=O) groups is 2. The van der Waals surface area contributed by atoms with Gasteiger partial charge < -0.3 is 9.47 Å². The molecule has 0 N–H and O–H groups in total. The second-order valence-electron chi connectivity index (χ2n) is 10.2. The van der Waals surface area contributed by atoms with Crippen LogP contribution in [-0.2, 0) is 32.3 Å². The second kappa shape index (κ2) is 11.2. The summed E-state index contributed by atoms with van der Waals surface area (Å²) >= 11 is 0. The van der Waals surface area contributed by atoms with Crippen molar-refractivity contribution in [1.29, 1.82) is 0 Å². The van der Waals surface area contributed by atoms with Crippen LogP contribution in [0.5, 0.6) is 0 Å². The van der Waals surface area contributed by atoms with Crippen LogP contribution in [0.2, 0.25) is 0 Å². The Bertz CT molecular complexity index is 1260. The average Bonchev–Trinajstić information content (AvgIpc) is 2.95. The molecule has 37 heavy (non-hydrogen) atoms. The quantitative estimate of drug-likeness (QED) is 0.244. The first-order chi connectivity index (χ1) is 18.1. The number of benzene rings is 3. The zero-order chi connectivity index (χ0) is 25.7. The predicted octanol–water partition coefficient (Wildman–Crippen LogP) is 7.25. The Labute approximate surface area is 219 Å². The van der Waals surface area contributed by atoms with Gasteiger partial charge in [-0.15, -0.1) is 0 Å². The summed E-state index contributed by atoms with van der Waals surface area (Å²) in [5.41, 5.74) is 4.36. The van der Waals surface area contributed by atoms with Crippen molar-refractivity contribution in [2.45, 2.75) is 64.1 Å². The number of hydrogen-bond acceptors (Lipinski definition) is 4. The molecule has 0 unspecified atom stereocenters. The van der Waals surface area contributed by atoms with Gasteiger partial charge >= 0.3 is 11.9 Å². The van der Waals surface area contributed by atoms with Gasteiger partial charge in [-0.3, -0.25) is 9.59 Å². The minimum atomic E-state index is -0.724. The lowest BCUT2D eigenvalue weighted by Crippen LogP contribution is -2.41. The SMILES string of the molecule is CCC[C@]1(C(=O)OCc2ccccc2)CCC[C@H]2C1=C[C@@H](C(=O)OCc1ccccc1)c1ccccc12. The molecule has 2 aliphatic rings. The Kier molecular flexibility index (Phi) is 7.55. The molecule has 0 heterocycles. The summed E-state index contributed by atoms with van der Waals surface area (Å²) < 4.78 is 11.8. The number of ether oxygens (including phenoxy) is 2. The van der Waals surface area contributed by atoms with E-state index in [2.05, 4.69) is 13.0 Å². The van der Waals surface area contributed by atoms with Crippen molar-refractivity contribution in [3.8, 4) is 0 Å². The van der Waals surface area contributed by atoms with Gasteiger partial charge in [-0.1, -0.05) is 111 Å². The van der Waals surface area contributed by atoms with E-state index in [1.165, 1.54) is 0 Å². The van der Waals surface area contributed by atoms with Crippen LogP contribution in [0, 0.1) is 5.41 Å². The van der Waals surface area contributed by atoms with E-state index in [1.54, 1.807) is 0 Å². The fourth-order valence-electron chi connectivity index (χ4n) is 6.11. The highest BCUT2D eigenvalue weighted by atomic mass is 16.5. The molecule has 3 aromatic carbocycles. The predicted molar refractivity (Wildman–Crippen MR) is 144 cm³/mol. The van der Waals surface area contributed by atoms with Gasteiger partial charge in [-0.2, -0.15) is 0 Å². The molecule has 3 atom stereocenters. The maximum Gasteiger partial charge on any atom is 0.317 e. The minimum absolute atomic E-state index is 0.110. The topological polar surface area (TPSA) is 52.6 Å². The minimum Gasteiger partial charge on any atom is -0.460 e. The van der Waals surface area contributed by atoms with Crippen molar-refractivity contribution in [2.24, 2.45) is 5.41 Å². The van der Waals surface area contributed by atoms with E-state index in [0.717, 1.165) is 53.5 Å². The average molecular weight is 495 g/mol. The standard InChI is InChI=1S/C33H34O4/c1-2-19-33(32(35)37-23-25-14-7-4-8-15-25)20-11-18-28-26-16-9-10-17-27(26)29(21-30(28)33)31(34)36-22-24-12-5-3-6-13-24/h3-10,12-17,21,28-29H,2,11,18-20,22-23H2,1H3/t28-,29-,33+/m1/s1. The number of esters is 2. The van der Waals surface area contributed by atoms with Gasteiger partial charge in [-0.25, -0.2) is 0 Å². The maximum absolute atomic E-state index is 13.9. The summed E-state index contributed by atoms with van der Waals surface area (Å²) in [6.45, 7) is 2.59. The summed E-state index contributed by atoms with van der Waals surface area (Å²) in [7, 11) is 0. The lowest BCUT2D eigenvalue weighted by atomic mass is 9.58. The van der Waals surface area contributed by atoms with Crippen molar-refractivity contribution in [1.82, 2.24) is 0 Å². The molecule has 0 spiro atoms. The normalized spacial score (nSPS) is 22.2. The first-order valence-electron chi connectivity index (χ1n) is 13.3. The third-order valence-electron chi connectivity index (χ3n) is 7.84.